The summed E-state index contributed by atoms with van der Waals surface area (Å²) in [5.74, 6) is 1.28. The highest BCUT2D eigenvalue weighted by Crippen LogP contribution is 2.27. The summed E-state index contributed by atoms with van der Waals surface area (Å²) < 4.78 is 15.8. The molecule has 7 nitrogen and oxygen atoms in total. The number of rotatable bonds is 6. The van der Waals surface area contributed by atoms with Crippen LogP contribution in [0.15, 0.2) is 47.1 Å². The highest BCUT2D eigenvalue weighted by molar-refractivity contribution is 5.96. The molecule has 1 heterocycles. The molecule has 0 unspecified atom stereocenters. The van der Waals surface area contributed by atoms with Gasteiger partial charge in [-0.15, -0.1) is 0 Å². The molecule has 0 saturated heterocycles. The lowest BCUT2D eigenvalue weighted by molar-refractivity contribution is -0.122. The molecule has 0 aliphatic heterocycles. The molecule has 0 saturated carbocycles. The number of benzene rings is 2. The van der Waals surface area contributed by atoms with Gasteiger partial charge in [0.2, 0.25) is 5.82 Å². The molecule has 27 heavy (non-hydrogen) atoms. The average Bonchev–Trinajstić information content (AvgIpc) is 3.13. The molecule has 0 radical (unpaired) electrons. The van der Waals surface area contributed by atoms with Gasteiger partial charge in [-0.1, -0.05) is 12.1 Å². The first-order valence-electron chi connectivity index (χ1n) is 8.50. The second-order valence-electron chi connectivity index (χ2n) is 6.14. The highest BCUT2D eigenvalue weighted by atomic mass is 16.6. The van der Waals surface area contributed by atoms with E-state index in [9.17, 15) is 4.79 Å². The lowest BCUT2D eigenvalue weighted by atomic mass is 10.1. The minimum absolute atomic E-state index is 0.238. The second-order valence-corrected chi connectivity index (χ2v) is 6.14. The minimum atomic E-state index is -0.717. The van der Waals surface area contributed by atoms with Gasteiger partial charge in [-0.05, 0) is 72.5 Å². The normalized spacial score (nSPS) is 11.7. The van der Waals surface area contributed by atoms with Gasteiger partial charge in [0.05, 0.1) is 7.11 Å². The maximum Gasteiger partial charge on any atom is 0.266 e. The molecule has 140 valence electrons. The molecule has 7 heteroatoms. The summed E-state index contributed by atoms with van der Waals surface area (Å²) in [6, 6.07) is 12.9. The summed E-state index contributed by atoms with van der Waals surface area (Å²) in [7, 11) is 1.59. The van der Waals surface area contributed by atoms with E-state index >= 15 is 0 Å². The number of nitrogens with zero attached hydrogens (tertiary/aromatic N) is 2. The van der Waals surface area contributed by atoms with Crippen molar-refractivity contribution in [1.29, 1.82) is 0 Å². The van der Waals surface area contributed by atoms with Crippen LogP contribution < -0.4 is 14.8 Å². The number of anilines is 1. The van der Waals surface area contributed by atoms with E-state index in [0.717, 1.165) is 22.4 Å². The zero-order chi connectivity index (χ0) is 19.4. The summed E-state index contributed by atoms with van der Waals surface area (Å²) in [6.07, 6.45) is -0.717. The van der Waals surface area contributed by atoms with E-state index < -0.39 is 6.10 Å². The zero-order valence-corrected chi connectivity index (χ0v) is 15.6. The number of methoxy groups -OCH3 is 1. The number of aromatic nitrogens is 2. The van der Waals surface area contributed by atoms with Crippen molar-refractivity contribution in [2.24, 2.45) is 0 Å². The minimum Gasteiger partial charge on any atom is -0.497 e. The molecular weight excluding hydrogens is 346 g/mol. The topological polar surface area (TPSA) is 86.5 Å². The Kier molecular flexibility index (Phi) is 5.40. The van der Waals surface area contributed by atoms with Crippen molar-refractivity contribution in [3.8, 4) is 22.8 Å². The Labute approximate surface area is 157 Å². The molecule has 2 aromatic carbocycles. The van der Waals surface area contributed by atoms with Gasteiger partial charge in [-0.3, -0.25) is 4.79 Å². The van der Waals surface area contributed by atoms with Crippen LogP contribution in [-0.4, -0.2) is 29.4 Å². The Bertz CT molecular complexity index is 935. The molecule has 3 aromatic rings. The SMILES string of the molecule is COc1ccc(-c2nonc2NC(=O)[C@H](C)Oc2cccc(C)c2C)cc1. The predicted octanol–water partition coefficient (Wildman–Crippen LogP) is 3.77. The van der Waals surface area contributed by atoms with Crippen molar-refractivity contribution < 1.29 is 18.9 Å². The Morgan fingerprint density at radius 3 is 2.56 bits per heavy atom. The van der Waals surface area contributed by atoms with E-state index in [2.05, 4.69) is 15.6 Å². The lowest BCUT2D eigenvalue weighted by Crippen LogP contribution is -2.30. The Morgan fingerprint density at radius 2 is 1.85 bits per heavy atom. The van der Waals surface area contributed by atoms with E-state index in [1.54, 1.807) is 26.2 Å². The molecular formula is C20H21N3O4. The van der Waals surface area contributed by atoms with Crippen LogP contribution in [-0.2, 0) is 4.79 Å². The molecule has 1 N–H and O–H groups in total. The number of amides is 1. The largest absolute Gasteiger partial charge is 0.497 e. The van der Waals surface area contributed by atoms with Crippen LogP contribution in [0.1, 0.15) is 18.1 Å². The molecule has 3 rings (SSSR count). The summed E-state index contributed by atoms with van der Waals surface area (Å²) in [5, 5.41) is 10.4. The number of nitrogens with one attached hydrogen (secondary N) is 1. The summed E-state index contributed by atoms with van der Waals surface area (Å²) in [6.45, 7) is 5.63. The maximum absolute atomic E-state index is 12.5. The first-order chi connectivity index (χ1) is 13.0. The third-order valence-electron chi connectivity index (χ3n) is 4.32. The van der Waals surface area contributed by atoms with Crippen LogP contribution in [0.3, 0.4) is 0 Å². The van der Waals surface area contributed by atoms with Gasteiger partial charge in [0.1, 0.15) is 11.5 Å². The summed E-state index contributed by atoms with van der Waals surface area (Å²) in [4.78, 5) is 12.5. The number of carbonyl (C=O) groups excluding carboxylic acids is 1. The van der Waals surface area contributed by atoms with E-state index in [1.807, 2.05) is 44.2 Å². The molecule has 0 aliphatic carbocycles. The standard InChI is InChI=1S/C20H21N3O4/c1-12-6-5-7-17(13(12)2)26-14(3)20(24)21-19-18(22-27-23-19)15-8-10-16(25-4)11-9-15/h5-11,14H,1-4H3,(H,21,23,24)/t14-/m0/s1. The molecule has 0 aliphatic rings. The fraction of sp³-hybridized carbons (Fsp3) is 0.250. The zero-order valence-electron chi connectivity index (χ0n) is 15.6. The van der Waals surface area contributed by atoms with Gasteiger partial charge < -0.3 is 14.8 Å². The molecule has 1 amide bonds. The van der Waals surface area contributed by atoms with Crippen molar-refractivity contribution in [2.75, 3.05) is 12.4 Å². The maximum atomic E-state index is 12.5. The molecule has 0 fully saturated rings. The van der Waals surface area contributed by atoms with Crippen molar-refractivity contribution in [3.63, 3.8) is 0 Å². The van der Waals surface area contributed by atoms with E-state index in [-0.39, 0.29) is 11.7 Å². The van der Waals surface area contributed by atoms with Crippen molar-refractivity contribution in [1.82, 2.24) is 10.3 Å². The second kappa shape index (κ2) is 7.90. The first-order valence-corrected chi connectivity index (χ1v) is 8.50. The third-order valence-corrected chi connectivity index (χ3v) is 4.32. The highest BCUT2D eigenvalue weighted by Gasteiger charge is 2.21. The smallest absolute Gasteiger partial charge is 0.266 e. The number of hydrogen-bond donors (Lipinski definition) is 1. The first kappa shape index (κ1) is 18.4. The number of hydrogen-bond acceptors (Lipinski definition) is 6. The van der Waals surface area contributed by atoms with Gasteiger partial charge in [0.15, 0.2) is 11.8 Å². The van der Waals surface area contributed by atoms with E-state index in [0.29, 0.717) is 11.4 Å². The Balaban J connectivity index is 1.72. The van der Waals surface area contributed by atoms with Crippen molar-refractivity contribution in [2.45, 2.75) is 26.9 Å². The quantitative estimate of drug-likeness (QED) is 0.714. The molecule has 0 bridgehead atoms. The van der Waals surface area contributed by atoms with Crippen LogP contribution in [0.25, 0.3) is 11.3 Å². The molecule has 0 spiro atoms. The molecule has 1 aromatic heterocycles. The lowest BCUT2D eigenvalue weighted by Gasteiger charge is -2.16. The molecule has 1 atom stereocenters. The predicted molar refractivity (Wildman–Crippen MR) is 101 cm³/mol. The summed E-state index contributed by atoms with van der Waals surface area (Å²) in [5.41, 5.74) is 3.28. The van der Waals surface area contributed by atoms with Gasteiger partial charge >= 0.3 is 0 Å². The summed E-state index contributed by atoms with van der Waals surface area (Å²) >= 11 is 0. The number of ether oxygens (including phenoxy) is 2. The van der Waals surface area contributed by atoms with Gasteiger partial charge in [-0.25, -0.2) is 4.63 Å². The van der Waals surface area contributed by atoms with Crippen LogP contribution in [0.2, 0.25) is 0 Å². The monoisotopic (exact) mass is 367 g/mol. The number of aryl methyl sites for hydroxylation is 1. The van der Waals surface area contributed by atoms with E-state index in [4.69, 9.17) is 14.1 Å². The van der Waals surface area contributed by atoms with E-state index in [1.165, 1.54) is 0 Å². The number of carbonyl (C=O) groups is 1. The van der Waals surface area contributed by atoms with Gasteiger partial charge in [0.25, 0.3) is 5.91 Å². The van der Waals surface area contributed by atoms with Crippen LogP contribution in [0, 0.1) is 13.8 Å². The van der Waals surface area contributed by atoms with Crippen LogP contribution in [0.4, 0.5) is 5.82 Å². The van der Waals surface area contributed by atoms with Crippen molar-refractivity contribution in [3.05, 3.63) is 53.6 Å². The van der Waals surface area contributed by atoms with Crippen LogP contribution in [0.5, 0.6) is 11.5 Å². The third kappa shape index (κ3) is 4.08. The Hall–Kier alpha value is -3.35. The van der Waals surface area contributed by atoms with Gasteiger partial charge in [-0.2, -0.15) is 0 Å². The fourth-order valence-corrected chi connectivity index (χ4v) is 2.52. The van der Waals surface area contributed by atoms with Crippen LogP contribution >= 0.6 is 0 Å². The van der Waals surface area contributed by atoms with Crippen molar-refractivity contribution >= 4 is 11.7 Å². The fourth-order valence-electron chi connectivity index (χ4n) is 2.52. The van der Waals surface area contributed by atoms with Gasteiger partial charge in [0, 0.05) is 5.56 Å². The Morgan fingerprint density at radius 1 is 1.11 bits per heavy atom. The average molecular weight is 367 g/mol.